The fourth-order valence-corrected chi connectivity index (χ4v) is 4.08. The second-order valence-corrected chi connectivity index (χ2v) is 8.00. The third kappa shape index (κ3) is 4.65. The number of fused-ring (bicyclic) bond motifs is 1. The van der Waals surface area contributed by atoms with E-state index in [0.29, 0.717) is 24.3 Å². The maximum Gasteiger partial charge on any atom is 0.262 e. The predicted molar refractivity (Wildman–Crippen MR) is 125 cm³/mol. The Morgan fingerprint density at radius 2 is 1.42 bits per heavy atom. The lowest BCUT2D eigenvalue weighted by Gasteiger charge is -2.29. The molecule has 0 aromatic heterocycles. The summed E-state index contributed by atoms with van der Waals surface area (Å²) >= 11 is 0. The van der Waals surface area contributed by atoms with Crippen LogP contribution in [-0.4, -0.2) is 47.2 Å². The van der Waals surface area contributed by atoms with Gasteiger partial charge in [0, 0.05) is 20.0 Å². The van der Waals surface area contributed by atoms with Crippen molar-refractivity contribution in [2.75, 3.05) is 13.7 Å². The molecule has 6 heteroatoms. The summed E-state index contributed by atoms with van der Waals surface area (Å²) in [7, 11) is 1.69. The molecule has 0 saturated heterocycles. The van der Waals surface area contributed by atoms with E-state index in [1.807, 2.05) is 61.5 Å². The Kier molecular flexibility index (Phi) is 6.54. The first-order valence-electron chi connectivity index (χ1n) is 11.0. The molecule has 0 N–H and O–H groups in total. The summed E-state index contributed by atoms with van der Waals surface area (Å²) in [5.74, 6) is -0.385. The minimum absolute atomic E-state index is 0.249. The van der Waals surface area contributed by atoms with Crippen LogP contribution in [0, 0.1) is 0 Å². The number of amides is 3. The molecule has 1 heterocycles. The largest absolute Gasteiger partial charge is 0.494 e. The lowest BCUT2D eigenvalue weighted by molar-refractivity contribution is -0.134. The molecule has 3 amide bonds. The van der Waals surface area contributed by atoms with Gasteiger partial charge in [0.2, 0.25) is 5.91 Å². The van der Waals surface area contributed by atoms with Crippen LogP contribution in [0.15, 0.2) is 78.9 Å². The Hall–Kier alpha value is -3.93. The molecule has 0 aliphatic carbocycles. The average Bonchev–Trinajstić information content (AvgIpc) is 3.09. The maximum absolute atomic E-state index is 13.6. The molecule has 6 nitrogen and oxygen atoms in total. The van der Waals surface area contributed by atoms with Crippen molar-refractivity contribution in [2.45, 2.75) is 25.9 Å². The Balaban J connectivity index is 1.60. The molecule has 1 atom stereocenters. The van der Waals surface area contributed by atoms with Crippen molar-refractivity contribution in [3.05, 3.63) is 101 Å². The summed E-state index contributed by atoms with van der Waals surface area (Å²) in [4.78, 5) is 42.6. The van der Waals surface area contributed by atoms with E-state index in [0.717, 1.165) is 21.8 Å². The zero-order valence-corrected chi connectivity index (χ0v) is 18.7. The van der Waals surface area contributed by atoms with E-state index < -0.39 is 17.9 Å². The lowest BCUT2D eigenvalue weighted by atomic mass is 10.0. The molecule has 0 bridgehead atoms. The third-order valence-corrected chi connectivity index (χ3v) is 5.72. The Bertz CT molecular complexity index is 1120. The fourth-order valence-electron chi connectivity index (χ4n) is 4.08. The first kappa shape index (κ1) is 22.3. The highest BCUT2D eigenvalue weighted by molar-refractivity contribution is 6.22. The van der Waals surface area contributed by atoms with Crippen molar-refractivity contribution in [1.29, 1.82) is 0 Å². The van der Waals surface area contributed by atoms with E-state index in [4.69, 9.17) is 4.74 Å². The summed E-state index contributed by atoms with van der Waals surface area (Å²) in [6.45, 7) is 2.85. The fraction of sp³-hybridized carbons (Fsp3) is 0.222. The molecular weight excluding hydrogens is 416 g/mol. The standard InChI is InChI=1S/C27H26N2O4/c1-3-33-21-15-13-20(14-16-21)18-28(2)27(32)24(17-19-9-5-4-6-10-19)29-25(30)22-11-7-8-12-23(22)26(29)31/h4-16,24H,3,17-18H2,1-2H3/t24-/m1/s1. The number of benzene rings is 3. The van der Waals surface area contributed by atoms with Gasteiger partial charge in [-0.15, -0.1) is 0 Å². The Morgan fingerprint density at radius 3 is 2.00 bits per heavy atom. The van der Waals surface area contributed by atoms with Crippen LogP contribution >= 0.6 is 0 Å². The molecule has 0 unspecified atom stereocenters. The zero-order valence-electron chi connectivity index (χ0n) is 18.7. The van der Waals surface area contributed by atoms with Crippen LogP contribution < -0.4 is 4.74 Å². The van der Waals surface area contributed by atoms with Crippen LogP contribution in [0.5, 0.6) is 5.75 Å². The summed E-state index contributed by atoms with van der Waals surface area (Å²) in [5.41, 5.74) is 2.47. The molecule has 168 valence electrons. The van der Waals surface area contributed by atoms with Gasteiger partial charge in [0.1, 0.15) is 11.8 Å². The molecular formula is C27H26N2O4. The highest BCUT2D eigenvalue weighted by Gasteiger charge is 2.43. The minimum atomic E-state index is -0.938. The first-order valence-corrected chi connectivity index (χ1v) is 11.0. The van der Waals surface area contributed by atoms with Crippen LogP contribution in [0.25, 0.3) is 0 Å². The SMILES string of the molecule is CCOc1ccc(CN(C)C(=O)[C@@H](Cc2ccccc2)N2C(=O)c3ccccc3C2=O)cc1. The molecule has 33 heavy (non-hydrogen) atoms. The van der Waals surface area contributed by atoms with Gasteiger partial charge >= 0.3 is 0 Å². The summed E-state index contributed by atoms with van der Waals surface area (Å²) in [6, 6.07) is 22.7. The van der Waals surface area contributed by atoms with E-state index in [9.17, 15) is 14.4 Å². The van der Waals surface area contributed by atoms with Gasteiger partial charge in [-0.25, -0.2) is 0 Å². The Morgan fingerprint density at radius 1 is 0.848 bits per heavy atom. The van der Waals surface area contributed by atoms with Gasteiger partial charge in [0.05, 0.1) is 17.7 Å². The van der Waals surface area contributed by atoms with Crippen molar-refractivity contribution in [1.82, 2.24) is 9.80 Å². The highest BCUT2D eigenvalue weighted by Crippen LogP contribution is 2.27. The number of imide groups is 1. The number of ether oxygens (including phenoxy) is 1. The predicted octanol–water partition coefficient (Wildman–Crippen LogP) is 3.95. The van der Waals surface area contributed by atoms with Crippen molar-refractivity contribution in [3.63, 3.8) is 0 Å². The summed E-state index contributed by atoms with van der Waals surface area (Å²) in [6.07, 6.45) is 0.249. The molecule has 0 fully saturated rings. The van der Waals surface area contributed by atoms with Crippen LogP contribution in [-0.2, 0) is 17.8 Å². The van der Waals surface area contributed by atoms with Gasteiger partial charge in [-0.2, -0.15) is 0 Å². The number of likely N-dealkylation sites (N-methyl/N-ethyl adjacent to an activating group) is 1. The quantitative estimate of drug-likeness (QED) is 0.496. The molecule has 1 aliphatic heterocycles. The minimum Gasteiger partial charge on any atom is -0.494 e. The van der Waals surface area contributed by atoms with E-state index >= 15 is 0 Å². The molecule has 1 aliphatic rings. The number of hydrogen-bond donors (Lipinski definition) is 0. The number of carbonyl (C=O) groups is 3. The van der Waals surface area contributed by atoms with Gasteiger partial charge < -0.3 is 9.64 Å². The molecule has 0 saturated carbocycles. The van der Waals surface area contributed by atoms with Crippen LogP contribution in [0.1, 0.15) is 38.8 Å². The molecule has 0 spiro atoms. The molecule has 3 aromatic rings. The Labute approximate surface area is 193 Å². The number of carbonyl (C=O) groups excluding carboxylic acids is 3. The lowest BCUT2D eigenvalue weighted by Crippen LogP contribution is -2.51. The van der Waals surface area contributed by atoms with Crippen LogP contribution in [0.3, 0.4) is 0 Å². The molecule has 0 radical (unpaired) electrons. The monoisotopic (exact) mass is 442 g/mol. The second-order valence-electron chi connectivity index (χ2n) is 8.00. The van der Waals surface area contributed by atoms with Crippen molar-refractivity contribution in [2.24, 2.45) is 0 Å². The smallest absolute Gasteiger partial charge is 0.262 e. The van der Waals surface area contributed by atoms with E-state index in [1.165, 1.54) is 0 Å². The average molecular weight is 443 g/mol. The first-order chi connectivity index (χ1) is 16.0. The van der Waals surface area contributed by atoms with E-state index in [1.54, 1.807) is 36.2 Å². The number of hydrogen-bond acceptors (Lipinski definition) is 4. The summed E-state index contributed by atoms with van der Waals surface area (Å²) < 4.78 is 5.48. The normalized spacial score (nSPS) is 13.6. The van der Waals surface area contributed by atoms with Gasteiger partial charge in [0.25, 0.3) is 11.8 Å². The highest BCUT2D eigenvalue weighted by atomic mass is 16.5. The summed E-state index contributed by atoms with van der Waals surface area (Å²) in [5, 5.41) is 0. The van der Waals surface area contributed by atoms with E-state index in [2.05, 4.69) is 0 Å². The van der Waals surface area contributed by atoms with E-state index in [-0.39, 0.29) is 12.3 Å². The van der Waals surface area contributed by atoms with Crippen LogP contribution in [0.2, 0.25) is 0 Å². The zero-order chi connectivity index (χ0) is 23.4. The van der Waals surface area contributed by atoms with Gasteiger partial charge in [-0.3, -0.25) is 19.3 Å². The number of rotatable bonds is 8. The molecule has 4 rings (SSSR count). The van der Waals surface area contributed by atoms with Crippen molar-refractivity contribution in [3.8, 4) is 5.75 Å². The van der Waals surface area contributed by atoms with Crippen molar-refractivity contribution >= 4 is 17.7 Å². The van der Waals surface area contributed by atoms with Crippen molar-refractivity contribution < 1.29 is 19.1 Å². The van der Waals surface area contributed by atoms with Gasteiger partial charge in [0.15, 0.2) is 0 Å². The van der Waals surface area contributed by atoms with Gasteiger partial charge in [-0.05, 0) is 42.3 Å². The number of nitrogens with zero attached hydrogens (tertiary/aromatic N) is 2. The second kappa shape index (κ2) is 9.69. The topological polar surface area (TPSA) is 66.9 Å². The van der Waals surface area contributed by atoms with Gasteiger partial charge in [-0.1, -0.05) is 54.6 Å². The maximum atomic E-state index is 13.6. The molecule has 3 aromatic carbocycles. The third-order valence-electron chi connectivity index (χ3n) is 5.72. The van der Waals surface area contributed by atoms with Crippen LogP contribution in [0.4, 0.5) is 0 Å².